The Hall–Kier alpha value is -3.92. The van der Waals surface area contributed by atoms with Gasteiger partial charge in [-0.15, -0.1) is 0 Å². The number of nitrogen functional groups attached to an aromatic ring is 1. The van der Waals surface area contributed by atoms with Crippen molar-refractivity contribution in [2.45, 2.75) is 0 Å². The maximum absolute atomic E-state index is 14.1. The summed E-state index contributed by atoms with van der Waals surface area (Å²) < 4.78 is 14.1. The number of hydrogen-bond donors (Lipinski definition) is 3. The molecule has 0 unspecified atom stereocenters. The normalized spacial score (nSPS) is 9.87. The largest absolute Gasteiger partial charge is 0.502 e. The predicted molar refractivity (Wildman–Crippen MR) is 74.6 cm³/mol. The van der Waals surface area contributed by atoms with Gasteiger partial charge in [-0.3, -0.25) is 14.9 Å². The van der Waals surface area contributed by atoms with Gasteiger partial charge >= 0.3 is 5.69 Å². The van der Waals surface area contributed by atoms with Crippen LogP contribution in [-0.4, -0.2) is 15.0 Å². The van der Waals surface area contributed by atoms with E-state index < -0.39 is 55.8 Å². The molecule has 0 aliphatic heterocycles. The average molecular weight is 315 g/mol. The monoisotopic (exact) mass is 315 g/mol. The molecule has 23 heavy (non-hydrogen) atoms. The second kappa shape index (κ2) is 5.46. The van der Waals surface area contributed by atoms with Crippen LogP contribution in [0.5, 0.6) is 5.75 Å². The lowest BCUT2D eigenvalue weighted by Gasteiger charge is -2.11. The molecule has 2 rings (SSSR count). The molecule has 2 aromatic rings. The molecule has 10 heteroatoms. The van der Waals surface area contributed by atoms with Crippen molar-refractivity contribution >= 4 is 11.5 Å². The van der Waals surface area contributed by atoms with Gasteiger partial charge in [-0.1, -0.05) is 0 Å². The highest BCUT2D eigenvalue weighted by atomic mass is 19.1. The number of hydrogen-bond acceptors (Lipinski definition) is 7. The second-order valence-corrected chi connectivity index (χ2v) is 4.26. The summed E-state index contributed by atoms with van der Waals surface area (Å²) in [6, 6.07) is 4.43. The van der Waals surface area contributed by atoms with Crippen molar-refractivity contribution in [3.8, 4) is 29.0 Å². The van der Waals surface area contributed by atoms with Crippen molar-refractivity contribution in [2.75, 3.05) is 5.73 Å². The summed E-state index contributed by atoms with van der Waals surface area (Å²) in [5, 5.41) is 39.0. The Labute approximate surface area is 126 Å². The maximum atomic E-state index is 14.1. The first-order valence-corrected chi connectivity index (χ1v) is 5.85. The minimum Gasteiger partial charge on any atom is -0.502 e. The smallest absolute Gasteiger partial charge is 0.311 e. The van der Waals surface area contributed by atoms with Crippen LogP contribution in [-0.2, 0) is 0 Å². The number of benzene rings is 1. The molecule has 4 N–H and O–H groups in total. The summed E-state index contributed by atoms with van der Waals surface area (Å²) in [7, 11) is 0. The van der Waals surface area contributed by atoms with Crippen molar-refractivity contribution < 1.29 is 14.4 Å². The van der Waals surface area contributed by atoms with Crippen LogP contribution in [0.3, 0.4) is 0 Å². The van der Waals surface area contributed by atoms with Gasteiger partial charge in [0.1, 0.15) is 34.9 Å². The van der Waals surface area contributed by atoms with Crippen LogP contribution < -0.4 is 11.3 Å². The van der Waals surface area contributed by atoms with Crippen LogP contribution in [0.4, 0.5) is 15.9 Å². The van der Waals surface area contributed by atoms with Crippen LogP contribution in [0.25, 0.3) is 11.1 Å². The Balaban J connectivity index is 3.08. The number of aromatic amines is 1. The Morgan fingerprint density at radius 2 is 1.87 bits per heavy atom. The molecule has 0 radical (unpaired) electrons. The number of nitrogens with one attached hydrogen (secondary N) is 1. The number of aromatic hydroxyl groups is 1. The summed E-state index contributed by atoms with van der Waals surface area (Å²) in [5.41, 5.74) is 0.979. The molecule has 0 fully saturated rings. The minimum absolute atomic E-state index is 0.461. The van der Waals surface area contributed by atoms with Gasteiger partial charge < -0.3 is 15.8 Å². The van der Waals surface area contributed by atoms with Gasteiger partial charge in [-0.25, -0.2) is 4.39 Å². The van der Waals surface area contributed by atoms with E-state index in [1.165, 1.54) is 6.07 Å². The first kappa shape index (κ1) is 15.5. The SMILES string of the molecule is N#Cc1c(N)[nH]c(=O)c(C#N)c1-c1c(F)ccc([N+](=O)[O-])c1O. The zero-order valence-electron chi connectivity index (χ0n) is 11.1. The number of rotatable bonds is 2. The van der Waals surface area contributed by atoms with Crippen LogP contribution in [0.1, 0.15) is 11.1 Å². The number of nitrogens with zero attached hydrogens (tertiary/aromatic N) is 3. The van der Waals surface area contributed by atoms with Crippen LogP contribution in [0.2, 0.25) is 0 Å². The fraction of sp³-hybridized carbons (Fsp3) is 0. The number of nitriles is 2. The lowest BCUT2D eigenvalue weighted by molar-refractivity contribution is -0.385. The van der Waals surface area contributed by atoms with E-state index >= 15 is 0 Å². The number of pyridine rings is 1. The number of phenolic OH excluding ortho intramolecular Hbond substituents is 1. The third kappa shape index (κ3) is 2.30. The van der Waals surface area contributed by atoms with E-state index in [9.17, 15) is 24.4 Å². The molecule has 0 aliphatic rings. The molecule has 9 nitrogen and oxygen atoms in total. The fourth-order valence-corrected chi connectivity index (χ4v) is 2.03. The van der Waals surface area contributed by atoms with E-state index in [1.54, 1.807) is 6.07 Å². The quantitative estimate of drug-likeness (QED) is 0.550. The molecular formula is C13H6FN5O4. The second-order valence-electron chi connectivity index (χ2n) is 4.26. The Kier molecular flexibility index (Phi) is 3.67. The third-order valence-electron chi connectivity index (χ3n) is 3.02. The van der Waals surface area contributed by atoms with Crippen molar-refractivity contribution in [3.63, 3.8) is 0 Å². The van der Waals surface area contributed by atoms with Crippen molar-refractivity contribution in [1.82, 2.24) is 4.98 Å². The van der Waals surface area contributed by atoms with Gasteiger partial charge in [0.25, 0.3) is 5.56 Å². The Morgan fingerprint density at radius 3 is 2.39 bits per heavy atom. The van der Waals surface area contributed by atoms with Gasteiger partial charge in [0.05, 0.1) is 10.5 Å². The number of nitro benzene ring substituents is 1. The van der Waals surface area contributed by atoms with Gasteiger partial charge in [0.15, 0.2) is 0 Å². The molecule has 1 aromatic carbocycles. The van der Waals surface area contributed by atoms with E-state index in [-0.39, 0.29) is 0 Å². The van der Waals surface area contributed by atoms with Gasteiger partial charge in [-0.2, -0.15) is 10.5 Å². The number of phenols is 1. The van der Waals surface area contributed by atoms with Crippen LogP contribution in [0, 0.1) is 38.6 Å². The van der Waals surface area contributed by atoms with Gasteiger partial charge in [0, 0.05) is 11.6 Å². The summed E-state index contributed by atoms with van der Waals surface area (Å²) in [4.78, 5) is 23.7. The van der Waals surface area contributed by atoms with E-state index in [0.29, 0.717) is 12.1 Å². The zero-order chi connectivity index (χ0) is 17.3. The summed E-state index contributed by atoms with van der Waals surface area (Å²) in [6.07, 6.45) is 0. The Morgan fingerprint density at radius 1 is 1.26 bits per heavy atom. The van der Waals surface area contributed by atoms with Crippen LogP contribution in [0.15, 0.2) is 16.9 Å². The van der Waals surface area contributed by atoms with Gasteiger partial charge in [0.2, 0.25) is 5.75 Å². The molecular weight excluding hydrogens is 309 g/mol. The fourth-order valence-electron chi connectivity index (χ4n) is 2.03. The lowest BCUT2D eigenvalue weighted by Crippen LogP contribution is -2.16. The topological polar surface area (TPSA) is 170 Å². The molecule has 114 valence electrons. The number of aromatic nitrogens is 1. The molecule has 0 saturated carbocycles. The zero-order valence-corrected chi connectivity index (χ0v) is 11.1. The van der Waals surface area contributed by atoms with Gasteiger partial charge in [-0.05, 0) is 6.07 Å². The molecule has 1 aromatic heterocycles. The molecule has 0 aliphatic carbocycles. The highest BCUT2D eigenvalue weighted by Crippen LogP contribution is 2.41. The number of halogens is 1. The highest BCUT2D eigenvalue weighted by molar-refractivity contribution is 5.85. The molecule has 0 spiro atoms. The van der Waals surface area contributed by atoms with Crippen molar-refractivity contribution in [2.24, 2.45) is 0 Å². The molecule has 0 amide bonds. The summed E-state index contributed by atoms with van der Waals surface area (Å²) in [6.45, 7) is 0. The highest BCUT2D eigenvalue weighted by Gasteiger charge is 2.28. The number of nitro groups is 1. The van der Waals surface area contributed by atoms with Crippen LogP contribution >= 0.6 is 0 Å². The average Bonchev–Trinajstić information content (AvgIpc) is 2.47. The van der Waals surface area contributed by atoms with Crippen molar-refractivity contribution in [1.29, 1.82) is 10.5 Å². The lowest BCUT2D eigenvalue weighted by atomic mass is 9.95. The Bertz CT molecular complexity index is 984. The first-order chi connectivity index (χ1) is 10.8. The van der Waals surface area contributed by atoms with E-state index in [4.69, 9.17) is 16.3 Å². The maximum Gasteiger partial charge on any atom is 0.311 e. The standard InChI is InChI=1S/C13H6FN5O4/c14-7-1-2-8(19(22)23)11(20)10(7)9-5(3-15)12(17)18-13(21)6(9)4-16/h1-2,20H,(H3,17,18,21). The molecule has 0 atom stereocenters. The van der Waals surface area contributed by atoms with E-state index in [0.717, 1.165) is 0 Å². The van der Waals surface area contributed by atoms with Crippen molar-refractivity contribution in [3.05, 3.63) is 49.5 Å². The summed E-state index contributed by atoms with van der Waals surface area (Å²) in [5.74, 6) is -2.74. The number of nitrogens with two attached hydrogens (primary N) is 1. The number of H-pyrrole nitrogens is 1. The molecule has 0 bridgehead atoms. The molecule has 0 saturated heterocycles. The number of anilines is 1. The summed E-state index contributed by atoms with van der Waals surface area (Å²) >= 11 is 0. The minimum atomic E-state index is -1.16. The predicted octanol–water partition coefficient (Wildman–Crippen LogP) is 1.12. The molecule has 1 heterocycles. The first-order valence-electron chi connectivity index (χ1n) is 5.85. The van der Waals surface area contributed by atoms with E-state index in [1.807, 2.05) is 4.98 Å². The van der Waals surface area contributed by atoms with E-state index in [2.05, 4.69) is 0 Å². The third-order valence-corrected chi connectivity index (χ3v) is 3.02.